The lowest BCUT2D eigenvalue weighted by molar-refractivity contribution is 0.650. The molecule has 1 heterocycles. The van der Waals surface area contributed by atoms with Crippen molar-refractivity contribution < 1.29 is 0 Å². The molecule has 1 aromatic heterocycles. The van der Waals surface area contributed by atoms with Gasteiger partial charge in [0.05, 0.1) is 6.04 Å². The molecule has 1 unspecified atom stereocenters. The van der Waals surface area contributed by atoms with E-state index in [0.717, 1.165) is 6.54 Å². The smallest absolute Gasteiger partial charge is 0.0759 e. The molecule has 3 heteroatoms. The first-order valence-corrected chi connectivity index (χ1v) is 7.62. The van der Waals surface area contributed by atoms with Gasteiger partial charge in [-0.2, -0.15) is 0 Å². The first-order valence-electron chi connectivity index (χ1n) is 6.74. The molecule has 0 radical (unpaired) electrons. The van der Waals surface area contributed by atoms with Crippen LogP contribution < -0.4 is 10.6 Å². The van der Waals surface area contributed by atoms with E-state index in [9.17, 15) is 0 Å². The third-order valence-electron chi connectivity index (χ3n) is 3.51. The second-order valence-electron chi connectivity index (χ2n) is 4.84. The summed E-state index contributed by atoms with van der Waals surface area (Å²) in [5.41, 5.74) is 9.92. The maximum atomic E-state index is 6.04. The molecule has 2 nitrogen and oxygen atoms in total. The number of aryl methyl sites for hydroxylation is 2. The number of likely N-dealkylation sites (N-methyl/N-ethyl adjacent to an activating group) is 1. The molecular formula is C16H22N2S. The molecular weight excluding hydrogens is 252 g/mol. The van der Waals surface area contributed by atoms with E-state index in [2.05, 4.69) is 61.4 Å². The van der Waals surface area contributed by atoms with E-state index in [-0.39, 0.29) is 6.04 Å². The van der Waals surface area contributed by atoms with Gasteiger partial charge in [0.2, 0.25) is 0 Å². The fraction of sp³-hybridized carbons (Fsp3) is 0.375. The average Bonchev–Trinajstić information content (AvgIpc) is 2.83. The summed E-state index contributed by atoms with van der Waals surface area (Å²) in [5.74, 6) is 0. The lowest BCUT2D eigenvalue weighted by Gasteiger charge is -2.32. The Bertz CT molecular complexity index is 516. The van der Waals surface area contributed by atoms with Crippen molar-refractivity contribution in [2.45, 2.75) is 26.8 Å². The van der Waals surface area contributed by atoms with Gasteiger partial charge >= 0.3 is 0 Å². The van der Waals surface area contributed by atoms with Crippen LogP contribution in [0.3, 0.4) is 0 Å². The monoisotopic (exact) mass is 274 g/mol. The number of hydrogen-bond acceptors (Lipinski definition) is 3. The second kappa shape index (κ2) is 6.22. The van der Waals surface area contributed by atoms with Gasteiger partial charge in [0, 0.05) is 23.7 Å². The number of anilines is 1. The maximum absolute atomic E-state index is 6.04. The summed E-state index contributed by atoms with van der Waals surface area (Å²) in [7, 11) is 0. The summed E-state index contributed by atoms with van der Waals surface area (Å²) in [5, 5.41) is 2.15. The Morgan fingerprint density at radius 2 is 1.84 bits per heavy atom. The summed E-state index contributed by atoms with van der Waals surface area (Å²) in [6, 6.07) is 11.1. The van der Waals surface area contributed by atoms with Crippen molar-refractivity contribution in [1.29, 1.82) is 0 Å². The largest absolute Gasteiger partial charge is 0.363 e. The van der Waals surface area contributed by atoms with Gasteiger partial charge in [-0.05, 0) is 49.9 Å². The predicted octanol–water partition coefficient (Wildman–Crippen LogP) is 3.89. The molecule has 0 saturated heterocycles. The van der Waals surface area contributed by atoms with E-state index in [1.807, 2.05) is 0 Å². The zero-order valence-electron chi connectivity index (χ0n) is 11.9. The van der Waals surface area contributed by atoms with Crippen molar-refractivity contribution in [1.82, 2.24) is 0 Å². The molecule has 0 aliphatic heterocycles. The lowest BCUT2D eigenvalue weighted by Crippen LogP contribution is -2.33. The molecule has 0 aliphatic carbocycles. The van der Waals surface area contributed by atoms with Gasteiger partial charge in [-0.1, -0.05) is 17.7 Å². The molecule has 0 fully saturated rings. The number of hydrogen-bond donors (Lipinski definition) is 1. The fourth-order valence-corrected chi connectivity index (χ4v) is 3.47. The summed E-state index contributed by atoms with van der Waals surface area (Å²) >= 11 is 1.80. The van der Waals surface area contributed by atoms with Gasteiger partial charge in [-0.15, -0.1) is 11.3 Å². The van der Waals surface area contributed by atoms with E-state index in [1.54, 1.807) is 11.3 Å². The zero-order valence-corrected chi connectivity index (χ0v) is 12.7. The number of rotatable bonds is 5. The Labute approximate surface area is 119 Å². The van der Waals surface area contributed by atoms with Crippen molar-refractivity contribution in [2.75, 3.05) is 18.0 Å². The van der Waals surface area contributed by atoms with E-state index in [4.69, 9.17) is 5.73 Å². The van der Waals surface area contributed by atoms with Gasteiger partial charge in [0.15, 0.2) is 0 Å². The molecule has 0 amide bonds. The molecule has 0 aliphatic rings. The lowest BCUT2D eigenvalue weighted by atomic mass is 10.1. The van der Waals surface area contributed by atoms with E-state index in [1.165, 1.54) is 21.7 Å². The normalized spacial score (nSPS) is 12.4. The van der Waals surface area contributed by atoms with Crippen LogP contribution in [0.25, 0.3) is 0 Å². The van der Waals surface area contributed by atoms with E-state index >= 15 is 0 Å². The van der Waals surface area contributed by atoms with Crippen LogP contribution >= 0.6 is 11.3 Å². The highest BCUT2D eigenvalue weighted by Gasteiger charge is 2.20. The number of benzene rings is 1. The van der Waals surface area contributed by atoms with Crippen molar-refractivity contribution >= 4 is 17.0 Å². The third kappa shape index (κ3) is 2.99. The third-order valence-corrected chi connectivity index (χ3v) is 4.63. The van der Waals surface area contributed by atoms with Crippen LogP contribution in [0.15, 0.2) is 35.7 Å². The molecule has 0 bridgehead atoms. The van der Waals surface area contributed by atoms with Crippen molar-refractivity contribution in [3.8, 4) is 0 Å². The first kappa shape index (κ1) is 14.1. The molecule has 19 heavy (non-hydrogen) atoms. The summed E-state index contributed by atoms with van der Waals surface area (Å²) in [6.45, 7) is 8.07. The highest BCUT2D eigenvalue weighted by Crippen LogP contribution is 2.31. The average molecular weight is 274 g/mol. The van der Waals surface area contributed by atoms with E-state index < -0.39 is 0 Å². The minimum absolute atomic E-state index is 0.271. The Kier molecular flexibility index (Phi) is 4.61. The van der Waals surface area contributed by atoms with Crippen LogP contribution in [0.1, 0.15) is 29.0 Å². The Morgan fingerprint density at radius 3 is 2.32 bits per heavy atom. The minimum atomic E-state index is 0.271. The first-order chi connectivity index (χ1) is 9.17. The highest BCUT2D eigenvalue weighted by molar-refractivity contribution is 7.10. The van der Waals surface area contributed by atoms with Gasteiger partial charge in [0.25, 0.3) is 0 Å². The molecule has 102 valence electrons. The number of thiophene rings is 1. The van der Waals surface area contributed by atoms with Crippen molar-refractivity contribution in [3.63, 3.8) is 0 Å². The standard InChI is InChI=1S/C16H22N2S/c1-4-18(14-7-5-12(2)6-8-14)15(11-17)16-13(3)9-10-19-16/h5-10,15H,4,11,17H2,1-3H3. The Morgan fingerprint density at radius 1 is 1.16 bits per heavy atom. The maximum Gasteiger partial charge on any atom is 0.0759 e. The van der Waals surface area contributed by atoms with Crippen LogP contribution in [0.5, 0.6) is 0 Å². The number of nitrogens with zero attached hydrogens (tertiary/aromatic N) is 1. The molecule has 2 rings (SSSR count). The minimum Gasteiger partial charge on any atom is -0.363 e. The van der Waals surface area contributed by atoms with Gasteiger partial charge in [0.1, 0.15) is 0 Å². The molecule has 2 aromatic rings. The van der Waals surface area contributed by atoms with Crippen LogP contribution in [0.2, 0.25) is 0 Å². The van der Waals surface area contributed by atoms with E-state index in [0.29, 0.717) is 6.54 Å². The molecule has 1 atom stereocenters. The van der Waals surface area contributed by atoms with Gasteiger partial charge in [-0.25, -0.2) is 0 Å². The van der Waals surface area contributed by atoms with Crippen molar-refractivity contribution in [3.05, 3.63) is 51.7 Å². The number of nitrogens with two attached hydrogens (primary N) is 1. The van der Waals surface area contributed by atoms with Gasteiger partial charge in [-0.3, -0.25) is 0 Å². The quantitative estimate of drug-likeness (QED) is 0.896. The SMILES string of the molecule is CCN(c1ccc(C)cc1)C(CN)c1sccc1C. The molecule has 1 aromatic carbocycles. The fourth-order valence-electron chi connectivity index (χ4n) is 2.42. The Hall–Kier alpha value is -1.32. The van der Waals surface area contributed by atoms with Crippen LogP contribution in [-0.4, -0.2) is 13.1 Å². The predicted molar refractivity (Wildman–Crippen MR) is 85.1 cm³/mol. The zero-order chi connectivity index (χ0) is 13.8. The molecule has 2 N–H and O–H groups in total. The van der Waals surface area contributed by atoms with Crippen LogP contribution in [-0.2, 0) is 0 Å². The van der Waals surface area contributed by atoms with Gasteiger partial charge < -0.3 is 10.6 Å². The highest BCUT2D eigenvalue weighted by atomic mass is 32.1. The van der Waals surface area contributed by atoms with Crippen LogP contribution in [0, 0.1) is 13.8 Å². The molecule has 0 saturated carbocycles. The summed E-state index contributed by atoms with van der Waals surface area (Å²) in [4.78, 5) is 3.77. The van der Waals surface area contributed by atoms with Crippen molar-refractivity contribution in [2.24, 2.45) is 5.73 Å². The summed E-state index contributed by atoms with van der Waals surface area (Å²) < 4.78 is 0. The molecule has 0 spiro atoms. The second-order valence-corrected chi connectivity index (χ2v) is 5.79. The summed E-state index contributed by atoms with van der Waals surface area (Å²) in [6.07, 6.45) is 0. The topological polar surface area (TPSA) is 29.3 Å². The van der Waals surface area contributed by atoms with Crippen LogP contribution in [0.4, 0.5) is 5.69 Å². The Balaban J connectivity index is 2.34.